The van der Waals surface area contributed by atoms with Gasteiger partial charge in [0.05, 0.1) is 0 Å². The van der Waals surface area contributed by atoms with E-state index in [4.69, 9.17) is 4.42 Å². The van der Waals surface area contributed by atoms with Gasteiger partial charge in [-0.1, -0.05) is 48.2 Å². The Morgan fingerprint density at radius 1 is 1.09 bits per heavy atom. The third-order valence-corrected chi connectivity index (χ3v) is 4.03. The Kier molecular flexibility index (Phi) is 4.22. The molecule has 1 heterocycles. The molecule has 0 radical (unpaired) electrons. The van der Waals surface area contributed by atoms with Crippen molar-refractivity contribution in [1.82, 2.24) is 4.98 Å². The summed E-state index contributed by atoms with van der Waals surface area (Å²) in [6.07, 6.45) is 0. The number of aromatic nitrogens is 1. The van der Waals surface area contributed by atoms with Crippen LogP contribution in [-0.2, 0) is 5.75 Å². The summed E-state index contributed by atoms with van der Waals surface area (Å²) in [5.74, 6) is 0.509. The summed E-state index contributed by atoms with van der Waals surface area (Å²) in [5.41, 5.74) is 1.59. The quantitative estimate of drug-likeness (QED) is 0.658. The second-order valence-corrected chi connectivity index (χ2v) is 5.46. The van der Waals surface area contributed by atoms with Crippen LogP contribution in [0.1, 0.15) is 11.3 Å². The molecular weight excluding hydrogens is 299 g/mol. The Morgan fingerprint density at radius 2 is 1.82 bits per heavy atom. The number of hydrogen-bond acceptors (Lipinski definition) is 4. The normalized spacial score (nSPS) is 10.4. The third-order valence-electron chi connectivity index (χ3n) is 3.04. The molecule has 0 aliphatic rings. The maximum atomic E-state index is 13.6. The predicted molar refractivity (Wildman–Crippen MR) is 82.6 cm³/mol. The van der Waals surface area contributed by atoms with Crippen molar-refractivity contribution in [2.24, 2.45) is 0 Å². The van der Waals surface area contributed by atoms with Crippen molar-refractivity contribution >= 4 is 11.8 Å². The Balaban J connectivity index is 1.84. The molecule has 108 valence electrons. The fraction of sp³-hybridized carbons (Fsp3) is 0.0588. The summed E-state index contributed by atoms with van der Waals surface area (Å²) in [7, 11) is 0. The number of rotatable bonds is 4. The van der Waals surface area contributed by atoms with Gasteiger partial charge in [-0.25, -0.2) is 4.39 Å². The molecule has 3 rings (SSSR count). The minimum Gasteiger partial charge on any atom is -0.428 e. The van der Waals surface area contributed by atoms with Crippen LogP contribution in [0.3, 0.4) is 0 Å². The van der Waals surface area contributed by atoms with Gasteiger partial charge in [0.15, 0.2) is 10.8 Å². The molecule has 0 bridgehead atoms. The van der Waals surface area contributed by atoms with Crippen LogP contribution < -0.4 is 0 Å². The van der Waals surface area contributed by atoms with E-state index in [1.165, 1.54) is 17.8 Å². The van der Waals surface area contributed by atoms with Gasteiger partial charge < -0.3 is 4.42 Å². The molecule has 2 aromatic carbocycles. The molecule has 0 aliphatic carbocycles. The van der Waals surface area contributed by atoms with Crippen molar-refractivity contribution in [3.8, 4) is 17.5 Å². The Morgan fingerprint density at radius 3 is 2.55 bits per heavy atom. The van der Waals surface area contributed by atoms with Crippen LogP contribution in [-0.4, -0.2) is 4.98 Å². The molecule has 0 spiro atoms. The highest BCUT2D eigenvalue weighted by molar-refractivity contribution is 7.98. The fourth-order valence-corrected chi connectivity index (χ4v) is 2.82. The van der Waals surface area contributed by atoms with Crippen molar-refractivity contribution in [3.05, 3.63) is 71.7 Å². The van der Waals surface area contributed by atoms with E-state index in [1.54, 1.807) is 18.2 Å². The molecule has 22 heavy (non-hydrogen) atoms. The summed E-state index contributed by atoms with van der Waals surface area (Å²) < 4.78 is 19.3. The molecule has 0 saturated carbocycles. The van der Waals surface area contributed by atoms with Gasteiger partial charge in [-0.15, -0.1) is 0 Å². The van der Waals surface area contributed by atoms with Crippen molar-refractivity contribution in [3.63, 3.8) is 0 Å². The van der Waals surface area contributed by atoms with E-state index < -0.39 is 0 Å². The predicted octanol–water partition coefficient (Wildman–Crippen LogP) is 4.64. The van der Waals surface area contributed by atoms with Crippen LogP contribution in [0, 0.1) is 17.1 Å². The molecule has 5 heteroatoms. The molecule has 0 amide bonds. The van der Waals surface area contributed by atoms with Crippen LogP contribution in [0.5, 0.6) is 0 Å². The van der Waals surface area contributed by atoms with Crippen LogP contribution in [0.4, 0.5) is 4.39 Å². The van der Waals surface area contributed by atoms with E-state index in [-0.39, 0.29) is 11.5 Å². The molecule has 1 aromatic heterocycles. The second kappa shape index (κ2) is 6.46. The van der Waals surface area contributed by atoms with Crippen LogP contribution in [0.25, 0.3) is 11.5 Å². The maximum Gasteiger partial charge on any atom is 0.228 e. The first kappa shape index (κ1) is 14.4. The lowest BCUT2D eigenvalue weighted by Gasteiger charge is -2.00. The molecule has 0 aliphatic heterocycles. The van der Waals surface area contributed by atoms with Crippen molar-refractivity contribution in [2.75, 3.05) is 0 Å². The van der Waals surface area contributed by atoms with Gasteiger partial charge in [0.25, 0.3) is 0 Å². The van der Waals surface area contributed by atoms with Gasteiger partial charge in [-0.3, -0.25) is 0 Å². The number of hydrogen-bond donors (Lipinski definition) is 0. The smallest absolute Gasteiger partial charge is 0.228 e. The molecule has 3 aromatic rings. The highest BCUT2D eigenvalue weighted by Gasteiger charge is 2.15. The van der Waals surface area contributed by atoms with E-state index in [9.17, 15) is 9.65 Å². The fourth-order valence-electron chi connectivity index (χ4n) is 1.94. The number of halogens is 1. The number of oxazole rings is 1. The molecule has 0 fully saturated rings. The minimum atomic E-state index is -0.267. The SMILES string of the molecule is N#Cc1nc(-c2ccccc2)oc1SCc1ccccc1F. The van der Waals surface area contributed by atoms with Crippen molar-refractivity contribution in [1.29, 1.82) is 5.26 Å². The van der Waals surface area contributed by atoms with Gasteiger partial charge >= 0.3 is 0 Å². The Hall–Kier alpha value is -2.58. The summed E-state index contributed by atoms with van der Waals surface area (Å²) in [6.45, 7) is 0. The minimum absolute atomic E-state index is 0.222. The molecule has 0 saturated heterocycles. The highest BCUT2D eigenvalue weighted by Crippen LogP contribution is 2.31. The summed E-state index contributed by atoms with van der Waals surface area (Å²) in [4.78, 5) is 4.19. The monoisotopic (exact) mass is 310 g/mol. The third kappa shape index (κ3) is 3.02. The largest absolute Gasteiger partial charge is 0.428 e. The zero-order valence-corrected chi connectivity index (χ0v) is 12.3. The van der Waals surface area contributed by atoms with Gasteiger partial charge in [0.1, 0.15) is 11.9 Å². The number of nitrogens with zero attached hydrogens (tertiary/aromatic N) is 2. The number of benzene rings is 2. The molecular formula is C17H11FN2OS. The van der Waals surface area contributed by atoms with E-state index in [1.807, 2.05) is 36.4 Å². The number of thioether (sulfide) groups is 1. The molecule has 0 atom stereocenters. The molecule has 0 unspecified atom stereocenters. The molecule has 0 N–H and O–H groups in total. The van der Waals surface area contributed by atoms with Crippen LogP contribution >= 0.6 is 11.8 Å². The van der Waals surface area contributed by atoms with Crippen LogP contribution in [0.2, 0.25) is 0 Å². The van der Waals surface area contributed by atoms with E-state index in [2.05, 4.69) is 4.98 Å². The van der Waals surface area contributed by atoms with Crippen molar-refractivity contribution < 1.29 is 8.81 Å². The highest BCUT2D eigenvalue weighted by atomic mass is 32.2. The van der Waals surface area contributed by atoms with E-state index in [0.717, 1.165) is 5.56 Å². The molecule has 3 nitrogen and oxygen atoms in total. The first-order chi connectivity index (χ1) is 10.8. The Labute approximate surface area is 131 Å². The summed E-state index contributed by atoms with van der Waals surface area (Å²) in [5, 5.41) is 9.58. The standard InChI is InChI=1S/C17H11FN2OS/c18-14-9-5-4-8-13(14)11-22-17-15(10-19)20-16(21-17)12-6-2-1-3-7-12/h1-9H,11H2. The van der Waals surface area contributed by atoms with Gasteiger partial charge in [-0.2, -0.15) is 10.2 Å². The summed E-state index contributed by atoms with van der Waals surface area (Å²) in [6, 6.07) is 17.9. The first-order valence-electron chi connectivity index (χ1n) is 6.60. The lowest BCUT2D eigenvalue weighted by atomic mass is 10.2. The van der Waals surface area contributed by atoms with Crippen molar-refractivity contribution in [2.45, 2.75) is 10.8 Å². The zero-order chi connectivity index (χ0) is 15.4. The van der Waals surface area contributed by atoms with E-state index in [0.29, 0.717) is 22.3 Å². The Bertz CT molecular complexity index is 824. The van der Waals surface area contributed by atoms with Gasteiger partial charge in [-0.05, 0) is 23.8 Å². The van der Waals surface area contributed by atoms with Gasteiger partial charge in [0, 0.05) is 11.3 Å². The average molecular weight is 310 g/mol. The topological polar surface area (TPSA) is 49.8 Å². The van der Waals surface area contributed by atoms with Crippen LogP contribution in [0.15, 0.2) is 64.1 Å². The number of nitriles is 1. The average Bonchev–Trinajstić information content (AvgIpc) is 2.98. The maximum absolute atomic E-state index is 13.6. The summed E-state index contributed by atoms with van der Waals surface area (Å²) >= 11 is 1.26. The van der Waals surface area contributed by atoms with Gasteiger partial charge in [0.2, 0.25) is 5.89 Å². The first-order valence-corrected chi connectivity index (χ1v) is 7.59. The van der Waals surface area contributed by atoms with E-state index >= 15 is 0 Å². The lowest BCUT2D eigenvalue weighted by Crippen LogP contribution is -1.86. The zero-order valence-electron chi connectivity index (χ0n) is 11.5. The lowest BCUT2D eigenvalue weighted by molar-refractivity contribution is 0.483. The second-order valence-electron chi connectivity index (χ2n) is 4.51.